The van der Waals surface area contributed by atoms with E-state index in [1.165, 1.54) is 12.1 Å². The summed E-state index contributed by atoms with van der Waals surface area (Å²) in [4.78, 5) is 0. The lowest BCUT2D eigenvalue weighted by atomic mass is 9.92. The highest BCUT2D eigenvalue weighted by atomic mass is 19.1. The SMILES string of the molecule is CC1(NCc2cc(F)cc(F)c2)CCOCC1. The first kappa shape index (κ1) is 12.5. The molecular weight excluding hydrogens is 224 g/mol. The van der Waals surface area contributed by atoms with E-state index in [1.807, 2.05) is 0 Å². The normalized spacial score (nSPS) is 19.2. The Morgan fingerprint density at radius 2 is 1.76 bits per heavy atom. The van der Waals surface area contributed by atoms with Gasteiger partial charge in [0.05, 0.1) is 0 Å². The summed E-state index contributed by atoms with van der Waals surface area (Å²) in [7, 11) is 0. The fourth-order valence-corrected chi connectivity index (χ4v) is 2.03. The number of rotatable bonds is 3. The molecule has 0 spiro atoms. The van der Waals surface area contributed by atoms with Crippen LogP contribution in [0.25, 0.3) is 0 Å². The average molecular weight is 241 g/mol. The molecule has 0 atom stereocenters. The van der Waals surface area contributed by atoms with E-state index in [-0.39, 0.29) is 5.54 Å². The van der Waals surface area contributed by atoms with Crippen molar-refractivity contribution in [2.75, 3.05) is 13.2 Å². The largest absolute Gasteiger partial charge is 0.381 e. The number of ether oxygens (including phenoxy) is 1. The van der Waals surface area contributed by atoms with Gasteiger partial charge in [0.15, 0.2) is 0 Å². The minimum atomic E-state index is -0.529. The maximum atomic E-state index is 13.0. The summed E-state index contributed by atoms with van der Waals surface area (Å²) in [6.45, 7) is 4.07. The molecule has 1 saturated heterocycles. The molecule has 0 saturated carbocycles. The first-order valence-corrected chi connectivity index (χ1v) is 5.85. The van der Waals surface area contributed by atoms with Crippen LogP contribution in [0, 0.1) is 11.6 Å². The number of hydrogen-bond acceptors (Lipinski definition) is 2. The van der Waals surface area contributed by atoms with Gasteiger partial charge in [0.1, 0.15) is 11.6 Å². The van der Waals surface area contributed by atoms with Crippen molar-refractivity contribution in [2.45, 2.75) is 31.8 Å². The zero-order valence-electron chi connectivity index (χ0n) is 9.93. The van der Waals surface area contributed by atoms with Gasteiger partial charge in [-0.2, -0.15) is 0 Å². The van der Waals surface area contributed by atoms with Crippen LogP contribution in [0.15, 0.2) is 18.2 Å². The first-order chi connectivity index (χ1) is 8.07. The van der Waals surface area contributed by atoms with Gasteiger partial charge in [-0.3, -0.25) is 0 Å². The standard InChI is InChI=1S/C13H17F2NO/c1-13(2-4-17-5-3-13)16-9-10-6-11(14)8-12(15)7-10/h6-8,16H,2-5,9H2,1H3. The van der Waals surface area contributed by atoms with E-state index in [0.717, 1.165) is 32.1 Å². The lowest BCUT2D eigenvalue weighted by molar-refractivity contribution is 0.0446. The van der Waals surface area contributed by atoms with Crippen LogP contribution in [0.1, 0.15) is 25.3 Å². The minimum absolute atomic E-state index is 0.00104. The molecule has 4 heteroatoms. The number of halogens is 2. The molecule has 17 heavy (non-hydrogen) atoms. The zero-order chi connectivity index (χ0) is 12.3. The van der Waals surface area contributed by atoms with Crippen LogP contribution < -0.4 is 5.32 Å². The van der Waals surface area contributed by atoms with E-state index >= 15 is 0 Å². The maximum absolute atomic E-state index is 13.0. The van der Waals surface area contributed by atoms with E-state index in [1.54, 1.807) is 0 Å². The topological polar surface area (TPSA) is 21.3 Å². The van der Waals surface area contributed by atoms with E-state index in [4.69, 9.17) is 4.74 Å². The van der Waals surface area contributed by atoms with Crippen LogP contribution in [0.3, 0.4) is 0 Å². The molecule has 2 rings (SSSR count). The molecule has 0 aromatic heterocycles. The molecule has 1 heterocycles. The van der Waals surface area contributed by atoms with Crippen molar-refractivity contribution in [2.24, 2.45) is 0 Å². The smallest absolute Gasteiger partial charge is 0.126 e. The fraction of sp³-hybridized carbons (Fsp3) is 0.538. The summed E-state index contributed by atoms with van der Waals surface area (Å²) in [6.07, 6.45) is 1.84. The summed E-state index contributed by atoms with van der Waals surface area (Å²) < 4.78 is 31.3. The Morgan fingerprint density at radius 3 is 2.35 bits per heavy atom. The van der Waals surface area contributed by atoms with E-state index < -0.39 is 11.6 Å². The van der Waals surface area contributed by atoms with E-state index in [9.17, 15) is 8.78 Å². The van der Waals surface area contributed by atoms with Gasteiger partial charge in [-0.1, -0.05) is 0 Å². The Morgan fingerprint density at radius 1 is 1.18 bits per heavy atom. The van der Waals surface area contributed by atoms with Gasteiger partial charge in [0.25, 0.3) is 0 Å². The number of hydrogen-bond donors (Lipinski definition) is 1. The number of benzene rings is 1. The van der Waals surface area contributed by atoms with Gasteiger partial charge in [-0.15, -0.1) is 0 Å². The van der Waals surface area contributed by atoms with Crippen molar-refractivity contribution < 1.29 is 13.5 Å². The third-order valence-corrected chi connectivity index (χ3v) is 3.24. The van der Waals surface area contributed by atoms with E-state index in [2.05, 4.69) is 12.2 Å². The Bertz CT molecular complexity index is 369. The predicted molar refractivity (Wildman–Crippen MR) is 61.7 cm³/mol. The molecule has 0 radical (unpaired) electrons. The summed E-state index contributed by atoms with van der Waals surface area (Å²) in [6, 6.07) is 3.61. The third kappa shape index (κ3) is 3.48. The Hall–Kier alpha value is -1.00. The molecule has 0 bridgehead atoms. The number of nitrogens with one attached hydrogen (secondary N) is 1. The second-order valence-corrected chi connectivity index (χ2v) is 4.80. The highest BCUT2D eigenvalue weighted by Gasteiger charge is 2.26. The highest BCUT2D eigenvalue weighted by molar-refractivity contribution is 5.18. The lowest BCUT2D eigenvalue weighted by Crippen LogP contribution is -2.46. The van der Waals surface area contributed by atoms with Crippen molar-refractivity contribution in [1.82, 2.24) is 5.32 Å². The van der Waals surface area contributed by atoms with Crippen molar-refractivity contribution in [3.05, 3.63) is 35.4 Å². The van der Waals surface area contributed by atoms with Gasteiger partial charge in [-0.25, -0.2) is 8.78 Å². The lowest BCUT2D eigenvalue weighted by Gasteiger charge is -2.34. The molecule has 2 nitrogen and oxygen atoms in total. The third-order valence-electron chi connectivity index (χ3n) is 3.24. The second kappa shape index (κ2) is 5.10. The molecular formula is C13H17F2NO. The van der Waals surface area contributed by atoms with Gasteiger partial charge in [0, 0.05) is 31.4 Å². The van der Waals surface area contributed by atoms with Crippen molar-refractivity contribution in [3.8, 4) is 0 Å². The highest BCUT2D eigenvalue weighted by Crippen LogP contribution is 2.20. The molecule has 94 valence electrons. The molecule has 1 aromatic rings. The van der Waals surface area contributed by atoms with Crippen LogP contribution in [-0.2, 0) is 11.3 Å². The molecule has 0 aliphatic carbocycles. The van der Waals surface area contributed by atoms with Crippen molar-refractivity contribution >= 4 is 0 Å². The van der Waals surface area contributed by atoms with Crippen LogP contribution in [0.4, 0.5) is 8.78 Å². The second-order valence-electron chi connectivity index (χ2n) is 4.80. The minimum Gasteiger partial charge on any atom is -0.381 e. The summed E-state index contributed by atoms with van der Waals surface area (Å²) >= 11 is 0. The van der Waals surface area contributed by atoms with Crippen LogP contribution in [0.2, 0.25) is 0 Å². The first-order valence-electron chi connectivity index (χ1n) is 5.85. The molecule has 1 aliphatic heterocycles. The van der Waals surface area contributed by atoms with Gasteiger partial charge in [0.2, 0.25) is 0 Å². The summed E-state index contributed by atoms with van der Waals surface area (Å²) in [5.74, 6) is -1.06. The molecule has 1 aromatic carbocycles. The Labute approximate surface area is 100.0 Å². The quantitative estimate of drug-likeness (QED) is 0.878. The van der Waals surface area contributed by atoms with Gasteiger partial charge in [-0.05, 0) is 37.5 Å². The van der Waals surface area contributed by atoms with Crippen LogP contribution in [0.5, 0.6) is 0 Å². The van der Waals surface area contributed by atoms with Crippen LogP contribution >= 0.6 is 0 Å². The predicted octanol–water partition coefficient (Wildman–Crippen LogP) is 2.62. The van der Waals surface area contributed by atoms with Crippen molar-refractivity contribution in [1.29, 1.82) is 0 Å². The van der Waals surface area contributed by atoms with Gasteiger partial charge < -0.3 is 10.1 Å². The molecule has 1 N–H and O–H groups in total. The molecule has 0 unspecified atom stereocenters. The van der Waals surface area contributed by atoms with Gasteiger partial charge >= 0.3 is 0 Å². The maximum Gasteiger partial charge on any atom is 0.126 e. The summed E-state index contributed by atoms with van der Waals surface area (Å²) in [5.41, 5.74) is 0.635. The van der Waals surface area contributed by atoms with Crippen molar-refractivity contribution in [3.63, 3.8) is 0 Å². The molecule has 0 amide bonds. The Kier molecular flexibility index (Phi) is 3.74. The van der Waals surface area contributed by atoms with E-state index in [0.29, 0.717) is 12.1 Å². The monoisotopic (exact) mass is 241 g/mol. The summed E-state index contributed by atoms with van der Waals surface area (Å²) in [5, 5.41) is 3.36. The zero-order valence-corrected chi connectivity index (χ0v) is 9.93. The van der Waals surface area contributed by atoms with Crippen LogP contribution in [-0.4, -0.2) is 18.8 Å². The Balaban J connectivity index is 1.96. The molecule has 1 aliphatic rings. The average Bonchev–Trinajstić information content (AvgIpc) is 2.26. The fourth-order valence-electron chi connectivity index (χ4n) is 2.03. The molecule has 1 fully saturated rings.